The summed E-state index contributed by atoms with van der Waals surface area (Å²) in [6.45, 7) is 3.62. The van der Waals surface area contributed by atoms with Crippen molar-refractivity contribution in [2.75, 3.05) is 10.8 Å². The van der Waals surface area contributed by atoms with Gasteiger partial charge in [-0.2, -0.15) is 5.10 Å². The second-order valence-electron chi connectivity index (χ2n) is 8.18. The van der Waals surface area contributed by atoms with Crippen molar-refractivity contribution in [3.8, 4) is 0 Å². The monoisotopic (exact) mass is 445 g/mol. The number of benzene rings is 3. The molecule has 0 unspecified atom stereocenters. The fraction of sp³-hybridized carbons (Fsp3) is 0.200. The summed E-state index contributed by atoms with van der Waals surface area (Å²) in [4.78, 5) is 12.8. The van der Waals surface area contributed by atoms with Crippen molar-refractivity contribution in [3.63, 3.8) is 0 Å². The Hall–Kier alpha value is -3.45. The lowest BCUT2D eigenvalue weighted by molar-refractivity contribution is -0.131. The third-order valence-corrected chi connectivity index (χ3v) is 7.89. The molecule has 2 heterocycles. The molecular weight excluding hydrogens is 422 g/mol. The van der Waals surface area contributed by atoms with Crippen molar-refractivity contribution in [1.82, 2.24) is 5.01 Å². The SMILES string of the molecule is CC(=O)N1N=C2c3ccccc3N(S(=O)(=O)c3ccc(C)cc3)C[C@H]2[C@@H]1c1ccccc1. The lowest BCUT2D eigenvalue weighted by Crippen LogP contribution is -2.44. The van der Waals surface area contributed by atoms with Crippen molar-refractivity contribution in [2.45, 2.75) is 24.8 Å². The number of rotatable bonds is 3. The first-order valence-corrected chi connectivity index (χ1v) is 11.9. The van der Waals surface area contributed by atoms with Crippen LogP contribution in [0, 0.1) is 12.8 Å². The number of aryl methyl sites for hydroxylation is 1. The minimum Gasteiger partial charge on any atom is -0.273 e. The summed E-state index contributed by atoms with van der Waals surface area (Å²) in [6, 6.07) is 23.6. The quantitative estimate of drug-likeness (QED) is 0.609. The molecule has 2 aliphatic rings. The second-order valence-corrected chi connectivity index (χ2v) is 10.0. The molecule has 0 N–H and O–H groups in total. The Labute approximate surface area is 187 Å². The zero-order valence-electron chi connectivity index (χ0n) is 17.8. The van der Waals surface area contributed by atoms with Gasteiger partial charge in [0.2, 0.25) is 5.91 Å². The Morgan fingerprint density at radius 3 is 2.28 bits per heavy atom. The molecule has 3 aromatic carbocycles. The van der Waals surface area contributed by atoms with E-state index in [-0.39, 0.29) is 29.3 Å². The third-order valence-electron chi connectivity index (χ3n) is 6.10. The van der Waals surface area contributed by atoms with Gasteiger partial charge in [0.1, 0.15) is 0 Å². The van der Waals surface area contributed by atoms with E-state index in [1.54, 1.807) is 30.3 Å². The summed E-state index contributed by atoms with van der Waals surface area (Å²) in [5.74, 6) is -0.456. The van der Waals surface area contributed by atoms with Crippen LogP contribution in [0.1, 0.15) is 29.7 Å². The number of carbonyl (C=O) groups is 1. The van der Waals surface area contributed by atoms with Crippen LogP contribution in [0.2, 0.25) is 0 Å². The summed E-state index contributed by atoms with van der Waals surface area (Å²) in [5.41, 5.74) is 4.00. The first-order chi connectivity index (χ1) is 15.4. The number of hydrogen-bond donors (Lipinski definition) is 0. The van der Waals surface area contributed by atoms with Crippen LogP contribution >= 0.6 is 0 Å². The minimum absolute atomic E-state index is 0.175. The fourth-order valence-electron chi connectivity index (χ4n) is 4.55. The molecule has 0 saturated heterocycles. The van der Waals surface area contributed by atoms with E-state index < -0.39 is 10.0 Å². The molecule has 0 bridgehead atoms. The highest BCUT2D eigenvalue weighted by Crippen LogP contribution is 2.44. The molecule has 2 atom stereocenters. The molecule has 162 valence electrons. The Kier molecular flexibility index (Phi) is 4.86. The van der Waals surface area contributed by atoms with Crippen molar-refractivity contribution in [3.05, 3.63) is 95.6 Å². The van der Waals surface area contributed by atoms with Gasteiger partial charge in [0.05, 0.1) is 22.3 Å². The number of hydrazone groups is 1. The summed E-state index contributed by atoms with van der Waals surface area (Å²) < 4.78 is 28.9. The van der Waals surface area contributed by atoms with Gasteiger partial charge >= 0.3 is 0 Å². The van der Waals surface area contributed by atoms with Gasteiger partial charge < -0.3 is 0 Å². The van der Waals surface area contributed by atoms with Gasteiger partial charge in [0.15, 0.2) is 0 Å². The maximum Gasteiger partial charge on any atom is 0.264 e. The first kappa shape index (κ1) is 20.5. The molecule has 0 saturated carbocycles. The molecule has 0 spiro atoms. The molecule has 1 amide bonds. The van der Waals surface area contributed by atoms with E-state index in [1.807, 2.05) is 55.5 Å². The number of para-hydroxylation sites is 1. The second kappa shape index (κ2) is 7.60. The Morgan fingerprint density at radius 2 is 1.59 bits per heavy atom. The highest BCUT2D eigenvalue weighted by Gasteiger charge is 2.47. The van der Waals surface area contributed by atoms with Gasteiger partial charge in [-0.15, -0.1) is 0 Å². The van der Waals surface area contributed by atoms with Crippen LogP contribution in [-0.4, -0.2) is 31.6 Å². The smallest absolute Gasteiger partial charge is 0.264 e. The zero-order valence-corrected chi connectivity index (χ0v) is 18.7. The number of amides is 1. The predicted molar refractivity (Wildman–Crippen MR) is 124 cm³/mol. The van der Waals surface area contributed by atoms with Crippen LogP contribution in [0.4, 0.5) is 5.69 Å². The lowest BCUT2D eigenvalue weighted by Gasteiger charge is -2.36. The molecule has 0 aliphatic carbocycles. The van der Waals surface area contributed by atoms with Crippen molar-refractivity contribution in [1.29, 1.82) is 0 Å². The fourth-order valence-corrected chi connectivity index (χ4v) is 6.06. The van der Waals surface area contributed by atoms with E-state index >= 15 is 0 Å². The minimum atomic E-state index is -3.80. The summed E-state index contributed by atoms with van der Waals surface area (Å²) in [6.07, 6.45) is 0. The molecule has 3 aromatic rings. The van der Waals surface area contributed by atoms with Gasteiger partial charge in [-0.25, -0.2) is 13.4 Å². The average molecular weight is 446 g/mol. The van der Waals surface area contributed by atoms with E-state index in [4.69, 9.17) is 0 Å². The van der Waals surface area contributed by atoms with Crippen LogP contribution in [0.3, 0.4) is 0 Å². The predicted octanol–water partition coefficient (Wildman–Crippen LogP) is 4.13. The van der Waals surface area contributed by atoms with E-state index in [9.17, 15) is 13.2 Å². The first-order valence-electron chi connectivity index (χ1n) is 10.5. The average Bonchev–Trinajstić information content (AvgIpc) is 3.19. The van der Waals surface area contributed by atoms with Gasteiger partial charge in [-0.3, -0.25) is 9.10 Å². The van der Waals surface area contributed by atoms with Crippen LogP contribution in [0.25, 0.3) is 0 Å². The number of fused-ring (bicyclic) bond motifs is 3. The summed E-state index contributed by atoms with van der Waals surface area (Å²) in [5, 5.41) is 6.18. The largest absolute Gasteiger partial charge is 0.273 e. The highest BCUT2D eigenvalue weighted by atomic mass is 32.2. The molecule has 6 nitrogen and oxygen atoms in total. The van der Waals surface area contributed by atoms with Crippen LogP contribution in [-0.2, 0) is 14.8 Å². The lowest BCUT2D eigenvalue weighted by atomic mass is 9.84. The van der Waals surface area contributed by atoms with Gasteiger partial charge in [0, 0.05) is 24.9 Å². The number of hydrogen-bond acceptors (Lipinski definition) is 4. The molecule has 5 rings (SSSR count). The summed E-state index contributed by atoms with van der Waals surface area (Å²) >= 11 is 0. The van der Waals surface area contributed by atoms with E-state index in [2.05, 4.69) is 5.10 Å². The van der Waals surface area contributed by atoms with E-state index in [0.29, 0.717) is 5.69 Å². The number of nitrogens with zero attached hydrogens (tertiary/aromatic N) is 3. The molecule has 32 heavy (non-hydrogen) atoms. The van der Waals surface area contributed by atoms with E-state index in [1.165, 1.54) is 16.2 Å². The van der Waals surface area contributed by atoms with Crippen LogP contribution in [0.5, 0.6) is 0 Å². The number of anilines is 1. The van der Waals surface area contributed by atoms with E-state index in [0.717, 1.165) is 22.4 Å². The third kappa shape index (κ3) is 3.20. The number of sulfonamides is 1. The van der Waals surface area contributed by atoms with Gasteiger partial charge in [0.25, 0.3) is 10.0 Å². The topological polar surface area (TPSA) is 70.1 Å². The van der Waals surface area contributed by atoms with Crippen molar-refractivity contribution >= 4 is 27.3 Å². The Balaban J connectivity index is 1.66. The molecule has 7 heteroatoms. The van der Waals surface area contributed by atoms with Gasteiger partial charge in [-0.1, -0.05) is 66.2 Å². The van der Waals surface area contributed by atoms with Crippen molar-refractivity contribution < 1.29 is 13.2 Å². The highest BCUT2D eigenvalue weighted by molar-refractivity contribution is 7.92. The molecule has 0 aromatic heterocycles. The maximum atomic E-state index is 13.7. The van der Waals surface area contributed by atoms with Crippen molar-refractivity contribution in [2.24, 2.45) is 11.0 Å². The zero-order chi connectivity index (χ0) is 22.5. The number of carbonyl (C=O) groups excluding carboxylic acids is 1. The molecule has 2 aliphatic heterocycles. The maximum absolute atomic E-state index is 13.7. The Morgan fingerprint density at radius 1 is 0.938 bits per heavy atom. The standard InChI is InChI=1S/C25H23N3O3S/c1-17-12-14-20(15-13-17)32(30,31)27-16-22-24(21-10-6-7-11-23(21)27)26-28(18(2)29)25(22)19-8-4-3-5-9-19/h3-15,22,25H,16H2,1-2H3/t22-,25+/m1/s1. The normalized spacial score (nSPS) is 19.9. The Bertz CT molecular complexity index is 1320. The molecular formula is C25H23N3O3S. The molecule has 0 fully saturated rings. The van der Waals surface area contributed by atoms with Gasteiger partial charge in [-0.05, 0) is 30.7 Å². The summed E-state index contributed by atoms with van der Waals surface area (Å²) in [7, 11) is -3.80. The van der Waals surface area contributed by atoms with Crippen LogP contribution in [0.15, 0.2) is 88.9 Å². The molecule has 0 radical (unpaired) electrons. The van der Waals surface area contributed by atoms with Crippen LogP contribution < -0.4 is 4.31 Å².